The third-order valence-electron chi connectivity index (χ3n) is 5.66. The van der Waals surface area contributed by atoms with Gasteiger partial charge in [-0.15, -0.1) is 0 Å². The van der Waals surface area contributed by atoms with Gasteiger partial charge >= 0.3 is 0 Å². The molecule has 174 valence electrons. The van der Waals surface area contributed by atoms with Crippen molar-refractivity contribution >= 4 is 29.0 Å². The Morgan fingerprint density at radius 3 is 2.33 bits per heavy atom. The number of hydrogen-bond acceptors (Lipinski definition) is 5. The Morgan fingerprint density at radius 2 is 1.56 bits per heavy atom. The molecule has 1 saturated heterocycles. The monoisotopic (exact) mass is 488 g/mol. The second-order valence-corrected chi connectivity index (χ2v) is 9.10. The van der Waals surface area contributed by atoms with Crippen molar-refractivity contribution in [2.45, 2.75) is 6.54 Å². The highest BCUT2D eigenvalue weighted by Crippen LogP contribution is 2.34. The highest BCUT2D eigenvalue weighted by molar-refractivity contribution is 8.18. The Balaban J connectivity index is 1.30. The minimum atomic E-state index is -0.321. The molecule has 4 aromatic carbocycles. The molecule has 0 spiro atoms. The fourth-order valence-electron chi connectivity index (χ4n) is 3.88. The molecule has 1 fully saturated rings. The topological polar surface area (TPSA) is 70.4 Å². The van der Waals surface area contributed by atoms with Crippen molar-refractivity contribution in [2.75, 3.05) is 0 Å². The summed E-state index contributed by atoms with van der Waals surface area (Å²) in [5.41, 5.74) is 3.95. The van der Waals surface area contributed by atoms with E-state index in [0.717, 1.165) is 39.8 Å². The molecule has 1 aliphatic heterocycles. The molecule has 2 amide bonds. The fourth-order valence-corrected chi connectivity index (χ4v) is 4.72. The summed E-state index contributed by atoms with van der Waals surface area (Å²) in [6.07, 6.45) is 1.71. The zero-order valence-electron chi connectivity index (χ0n) is 19.1. The van der Waals surface area contributed by atoms with Gasteiger partial charge in [-0.1, -0.05) is 72.8 Å². The van der Waals surface area contributed by atoms with Crippen LogP contribution in [0.1, 0.15) is 16.7 Å². The highest BCUT2D eigenvalue weighted by Gasteiger charge is 2.35. The average molecular weight is 489 g/mol. The number of benzene rings is 4. The number of imide groups is 1. The van der Waals surface area contributed by atoms with E-state index in [0.29, 0.717) is 16.2 Å². The van der Waals surface area contributed by atoms with E-state index in [1.807, 2.05) is 97.1 Å². The van der Waals surface area contributed by atoms with E-state index in [-0.39, 0.29) is 17.7 Å². The first-order valence-electron chi connectivity index (χ1n) is 11.3. The minimum absolute atomic E-state index is 0.180. The average Bonchev–Trinajstić information content (AvgIpc) is 3.17. The summed E-state index contributed by atoms with van der Waals surface area (Å²) >= 11 is 0.932. The van der Waals surface area contributed by atoms with E-state index >= 15 is 0 Å². The summed E-state index contributed by atoms with van der Waals surface area (Å²) in [4.78, 5) is 27.3. The van der Waals surface area contributed by atoms with Crippen LogP contribution < -0.4 is 4.74 Å². The molecule has 6 heteroatoms. The number of nitriles is 1. The molecule has 4 aromatic rings. The largest absolute Gasteiger partial charge is 0.457 e. The van der Waals surface area contributed by atoms with Crippen LogP contribution in [-0.4, -0.2) is 16.0 Å². The maximum atomic E-state index is 13.0. The molecule has 0 radical (unpaired) electrons. The summed E-state index contributed by atoms with van der Waals surface area (Å²) < 4.78 is 5.87. The summed E-state index contributed by atoms with van der Waals surface area (Å²) in [7, 11) is 0. The second-order valence-electron chi connectivity index (χ2n) is 8.11. The van der Waals surface area contributed by atoms with Crippen LogP contribution in [0, 0.1) is 11.3 Å². The van der Waals surface area contributed by atoms with E-state index in [1.165, 1.54) is 4.90 Å². The molecule has 1 aliphatic rings. The predicted molar refractivity (Wildman–Crippen MR) is 141 cm³/mol. The van der Waals surface area contributed by atoms with Crippen LogP contribution in [0.15, 0.2) is 108 Å². The zero-order valence-corrected chi connectivity index (χ0v) is 19.9. The number of amides is 2. The van der Waals surface area contributed by atoms with Crippen molar-refractivity contribution in [1.29, 1.82) is 5.26 Å². The van der Waals surface area contributed by atoms with Crippen LogP contribution in [0.3, 0.4) is 0 Å². The highest BCUT2D eigenvalue weighted by atomic mass is 32.2. The lowest BCUT2D eigenvalue weighted by Gasteiger charge is -2.13. The lowest BCUT2D eigenvalue weighted by molar-refractivity contribution is -0.123. The predicted octanol–water partition coefficient (Wildman–Crippen LogP) is 7.25. The van der Waals surface area contributed by atoms with Gasteiger partial charge in [0.1, 0.15) is 11.5 Å². The smallest absolute Gasteiger partial charge is 0.293 e. The number of nitrogens with zero attached hydrogens (tertiary/aromatic N) is 2. The van der Waals surface area contributed by atoms with Crippen LogP contribution in [0.2, 0.25) is 0 Å². The van der Waals surface area contributed by atoms with Crippen LogP contribution in [0.25, 0.3) is 17.2 Å². The molecule has 0 N–H and O–H groups in total. The van der Waals surface area contributed by atoms with E-state index in [1.54, 1.807) is 12.1 Å². The standard InChI is InChI=1S/C30H20N2O3S/c31-19-24-8-4-5-12-27(24)23-15-13-21(14-16-23)20-32-29(33)28(36-30(32)34)18-22-7-6-11-26(17-22)35-25-9-2-1-3-10-25/h1-18H,20H2/b28-18-. The number of carbonyl (C=O) groups is 2. The molecule has 0 bridgehead atoms. The van der Waals surface area contributed by atoms with Gasteiger partial charge < -0.3 is 4.74 Å². The molecule has 0 unspecified atom stereocenters. The SMILES string of the molecule is N#Cc1ccccc1-c1ccc(CN2C(=O)S/C(=C\c3cccc(Oc4ccccc4)c3)C2=O)cc1. The third-order valence-corrected chi connectivity index (χ3v) is 6.57. The number of thioether (sulfide) groups is 1. The van der Waals surface area contributed by atoms with E-state index < -0.39 is 0 Å². The molecule has 5 rings (SSSR count). The maximum absolute atomic E-state index is 13.0. The molecule has 0 atom stereocenters. The lowest BCUT2D eigenvalue weighted by Crippen LogP contribution is -2.27. The van der Waals surface area contributed by atoms with Crippen LogP contribution in [0.4, 0.5) is 4.79 Å². The van der Waals surface area contributed by atoms with Crippen molar-refractivity contribution in [3.05, 3.63) is 125 Å². The summed E-state index contributed by atoms with van der Waals surface area (Å²) in [5.74, 6) is 1.04. The third kappa shape index (κ3) is 5.07. The summed E-state index contributed by atoms with van der Waals surface area (Å²) in [6.45, 7) is 0.180. The minimum Gasteiger partial charge on any atom is -0.457 e. The Hall–Kier alpha value is -4.60. The molecule has 36 heavy (non-hydrogen) atoms. The van der Waals surface area contributed by atoms with Gasteiger partial charge in [-0.3, -0.25) is 14.5 Å². The van der Waals surface area contributed by atoms with Crippen molar-refractivity contribution in [2.24, 2.45) is 0 Å². The molecular weight excluding hydrogens is 468 g/mol. The van der Waals surface area contributed by atoms with Crippen molar-refractivity contribution in [1.82, 2.24) is 4.90 Å². The number of para-hydroxylation sites is 1. The van der Waals surface area contributed by atoms with E-state index in [9.17, 15) is 14.9 Å². The second kappa shape index (κ2) is 10.3. The molecule has 0 aromatic heterocycles. The van der Waals surface area contributed by atoms with Gasteiger partial charge in [-0.2, -0.15) is 5.26 Å². The molecule has 0 saturated carbocycles. The van der Waals surface area contributed by atoms with Crippen molar-refractivity contribution < 1.29 is 14.3 Å². The number of ether oxygens (including phenoxy) is 1. The first-order chi connectivity index (χ1) is 17.6. The molecule has 0 aliphatic carbocycles. The van der Waals surface area contributed by atoms with E-state index in [4.69, 9.17) is 4.74 Å². The Labute approximate surface area is 213 Å². The van der Waals surface area contributed by atoms with Gasteiger partial charge in [0.2, 0.25) is 0 Å². The van der Waals surface area contributed by atoms with Crippen molar-refractivity contribution in [3.8, 4) is 28.7 Å². The summed E-state index contributed by atoms with van der Waals surface area (Å²) in [5, 5.41) is 9.04. The van der Waals surface area contributed by atoms with Gasteiger partial charge in [-0.25, -0.2) is 0 Å². The first-order valence-corrected chi connectivity index (χ1v) is 12.1. The first kappa shape index (κ1) is 23.2. The van der Waals surface area contributed by atoms with Gasteiger partial charge in [0.15, 0.2) is 0 Å². The molecule has 5 nitrogen and oxygen atoms in total. The molecular formula is C30H20N2O3S. The summed E-state index contributed by atoms with van der Waals surface area (Å²) in [6, 6.07) is 34.0. The zero-order chi connectivity index (χ0) is 24.9. The number of carbonyl (C=O) groups excluding carboxylic acids is 2. The maximum Gasteiger partial charge on any atom is 0.293 e. The Bertz CT molecular complexity index is 1510. The van der Waals surface area contributed by atoms with Crippen LogP contribution in [-0.2, 0) is 11.3 Å². The van der Waals surface area contributed by atoms with Gasteiger partial charge in [0.25, 0.3) is 11.1 Å². The van der Waals surface area contributed by atoms with Gasteiger partial charge in [0, 0.05) is 0 Å². The van der Waals surface area contributed by atoms with Gasteiger partial charge in [0.05, 0.1) is 23.1 Å². The lowest BCUT2D eigenvalue weighted by atomic mass is 9.99. The quantitative estimate of drug-likeness (QED) is 0.267. The Kier molecular flexibility index (Phi) is 6.65. The normalized spacial score (nSPS) is 14.2. The van der Waals surface area contributed by atoms with E-state index in [2.05, 4.69) is 6.07 Å². The van der Waals surface area contributed by atoms with Crippen LogP contribution >= 0.6 is 11.8 Å². The fraction of sp³-hybridized carbons (Fsp3) is 0.0333. The van der Waals surface area contributed by atoms with Crippen LogP contribution in [0.5, 0.6) is 11.5 Å². The van der Waals surface area contributed by atoms with Gasteiger partial charge in [-0.05, 0) is 70.4 Å². The molecule has 1 heterocycles. The van der Waals surface area contributed by atoms with Crippen molar-refractivity contribution in [3.63, 3.8) is 0 Å². The Morgan fingerprint density at radius 1 is 0.833 bits per heavy atom. The number of hydrogen-bond donors (Lipinski definition) is 0. The number of rotatable bonds is 6.